The molecule has 0 aliphatic heterocycles. The van der Waals surface area contributed by atoms with E-state index in [4.69, 9.17) is 9.05 Å². The lowest BCUT2D eigenvalue weighted by molar-refractivity contribution is -0.870. The van der Waals surface area contributed by atoms with Crippen LogP contribution in [-0.2, 0) is 18.4 Å². The number of carbonyl (C=O) groups is 1. The molecular formula is C38H79N2O6P. The van der Waals surface area contributed by atoms with Crippen LogP contribution in [0.5, 0.6) is 0 Å². The second-order valence-corrected chi connectivity index (χ2v) is 16.4. The Morgan fingerprint density at radius 2 is 1.04 bits per heavy atom. The zero-order valence-corrected chi connectivity index (χ0v) is 32.6. The quantitative estimate of drug-likeness (QED) is 0.0385. The number of nitrogens with zero attached hydrogens (tertiary/aromatic N) is 1. The fourth-order valence-electron chi connectivity index (χ4n) is 5.86. The van der Waals surface area contributed by atoms with Gasteiger partial charge in [-0.05, 0) is 12.8 Å². The predicted octanol–water partition coefficient (Wildman–Crippen LogP) is 9.61. The highest BCUT2D eigenvalue weighted by Gasteiger charge is 2.24. The molecule has 0 aliphatic rings. The van der Waals surface area contributed by atoms with Gasteiger partial charge in [-0.2, -0.15) is 0 Å². The Labute approximate surface area is 291 Å². The molecule has 0 fully saturated rings. The van der Waals surface area contributed by atoms with Gasteiger partial charge in [0.1, 0.15) is 13.2 Å². The van der Waals surface area contributed by atoms with Gasteiger partial charge in [-0.1, -0.05) is 168 Å². The molecule has 9 heteroatoms. The Bertz CT molecular complexity index is 748. The van der Waals surface area contributed by atoms with Crippen LogP contribution >= 0.6 is 7.82 Å². The van der Waals surface area contributed by atoms with Gasteiger partial charge < -0.3 is 28.8 Å². The molecule has 0 spiro atoms. The molecule has 282 valence electrons. The van der Waals surface area contributed by atoms with E-state index in [2.05, 4.69) is 19.2 Å². The second-order valence-electron chi connectivity index (χ2n) is 15.0. The van der Waals surface area contributed by atoms with E-state index in [1.165, 1.54) is 122 Å². The standard InChI is InChI=1S/C38H79N2O6P/c1-6-8-10-12-14-16-17-18-19-20-21-22-24-25-27-29-31-37(41)36(35-46-47(43,44)45-34-33-40(3,4)5)39-38(42)32-30-28-26-23-15-13-11-9-7-2/h36-37,41H,6-35H2,1-5H3,(H-,39,42,43,44)/t36-,37+/m1/s1. The van der Waals surface area contributed by atoms with Crippen LogP contribution in [0.3, 0.4) is 0 Å². The highest BCUT2D eigenvalue weighted by molar-refractivity contribution is 7.45. The first-order valence-electron chi connectivity index (χ1n) is 19.9. The molecule has 1 unspecified atom stereocenters. The lowest BCUT2D eigenvalue weighted by Gasteiger charge is -2.30. The predicted molar refractivity (Wildman–Crippen MR) is 196 cm³/mol. The first kappa shape index (κ1) is 46.5. The number of aliphatic hydroxyl groups is 1. The molecule has 0 radical (unpaired) electrons. The molecule has 2 N–H and O–H groups in total. The van der Waals surface area contributed by atoms with Crippen molar-refractivity contribution in [1.82, 2.24) is 5.32 Å². The SMILES string of the molecule is CCCCCCCCCCCCCCCCCC[C@H](O)[C@@H](COP(=O)([O-])OCC[N+](C)(C)C)NC(=O)CCCCCCCCCCC. The van der Waals surface area contributed by atoms with Gasteiger partial charge in [0.2, 0.25) is 5.91 Å². The molecule has 0 saturated carbocycles. The summed E-state index contributed by atoms with van der Waals surface area (Å²) in [6, 6.07) is -0.790. The van der Waals surface area contributed by atoms with Crippen molar-refractivity contribution in [1.29, 1.82) is 0 Å². The third-order valence-corrected chi connectivity index (χ3v) is 10.1. The van der Waals surface area contributed by atoms with Gasteiger partial charge in [-0.3, -0.25) is 9.36 Å². The van der Waals surface area contributed by atoms with Crippen LogP contribution in [0.4, 0.5) is 0 Å². The molecule has 0 bridgehead atoms. The molecule has 0 heterocycles. The number of phosphoric acid groups is 1. The lowest BCUT2D eigenvalue weighted by atomic mass is 10.0. The summed E-state index contributed by atoms with van der Waals surface area (Å²) in [7, 11) is 1.31. The second kappa shape index (κ2) is 31.5. The van der Waals surface area contributed by atoms with Gasteiger partial charge in [0.25, 0.3) is 7.82 Å². The van der Waals surface area contributed by atoms with Gasteiger partial charge in [0.15, 0.2) is 0 Å². The van der Waals surface area contributed by atoms with Gasteiger partial charge in [-0.25, -0.2) is 0 Å². The smallest absolute Gasteiger partial charge is 0.268 e. The van der Waals surface area contributed by atoms with Crippen molar-refractivity contribution in [3.05, 3.63) is 0 Å². The maximum absolute atomic E-state index is 12.7. The van der Waals surface area contributed by atoms with Crippen molar-refractivity contribution in [2.75, 3.05) is 40.9 Å². The van der Waals surface area contributed by atoms with Gasteiger partial charge in [0, 0.05) is 6.42 Å². The molecule has 0 aliphatic carbocycles. The van der Waals surface area contributed by atoms with Crippen molar-refractivity contribution >= 4 is 13.7 Å². The van der Waals surface area contributed by atoms with E-state index in [1.807, 2.05) is 21.1 Å². The summed E-state index contributed by atoms with van der Waals surface area (Å²) >= 11 is 0. The van der Waals surface area contributed by atoms with Crippen molar-refractivity contribution < 1.29 is 32.9 Å². The van der Waals surface area contributed by atoms with Crippen LogP contribution in [0.1, 0.15) is 187 Å². The molecule has 0 aromatic rings. The Hall–Kier alpha value is -0.500. The lowest BCUT2D eigenvalue weighted by Crippen LogP contribution is -2.46. The zero-order valence-electron chi connectivity index (χ0n) is 31.8. The maximum Gasteiger partial charge on any atom is 0.268 e. The first-order chi connectivity index (χ1) is 22.5. The molecule has 0 aromatic heterocycles. The Balaban J connectivity index is 4.37. The van der Waals surface area contributed by atoms with Crippen LogP contribution in [0, 0.1) is 0 Å². The van der Waals surface area contributed by atoms with E-state index < -0.39 is 20.0 Å². The van der Waals surface area contributed by atoms with E-state index >= 15 is 0 Å². The average molecular weight is 691 g/mol. The number of carbonyl (C=O) groups excluding carboxylic acids is 1. The fourth-order valence-corrected chi connectivity index (χ4v) is 6.59. The van der Waals surface area contributed by atoms with Gasteiger partial charge >= 0.3 is 0 Å². The summed E-state index contributed by atoms with van der Waals surface area (Å²) in [6.45, 7) is 4.69. The van der Waals surface area contributed by atoms with Crippen LogP contribution in [0.2, 0.25) is 0 Å². The number of hydrogen-bond acceptors (Lipinski definition) is 6. The summed E-state index contributed by atoms with van der Waals surface area (Å²) in [6.07, 6.45) is 31.0. The number of quaternary nitrogens is 1. The van der Waals surface area contributed by atoms with E-state index in [0.29, 0.717) is 23.9 Å². The fraction of sp³-hybridized carbons (Fsp3) is 0.974. The van der Waals surface area contributed by atoms with Crippen molar-refractivity contribution in [2.45, 2.75) is 199 Å². The molecular weight excluding hydrogens is 611 g/mol. The van der Waals surface area contributed by atoms with E-state index in [9.17, 15) is 19.4 Å². The average Bonchev–Trinajstić information content (AvgIpc) is 3.01. The van der Waals surface area contributed by atoms with E-state index in [1.54, 1.807) is 0 Å². The summed E-state index contributed by atoms with van der Waals surface area (Å²) in [5.41, 5.74) is 0. The highest BCUT2D eigenvalue weighted by atomic mass is 31.2. The topological polar surface area (TPSA) is 108 Å². The van der Waals surface area contributed by atoms with E-state index in [-0.39, 0.29) is 19.1 Å². The van der Waals surface area contributed by atoms with Gasteiger partial charge in [0.05, 0.1) is 39.9 Å². The maximum atomic E-state index is 12.7. The molecule has 47 heavy (non-hydrogen) atoms. The Kier molecular flexibility index (Phi) is 31.1. The highest BCUT2D eigenvalue weighted by Crippen LogP contribution is 2.38. The van der Waals surface area contributed by atoms with E-state index in [0.717, 1.165) is 38.5 Å². The summed E-state index contributed by atoms with van der Waals surface area (Å²) in [4.78, 5) is 25.1. The summed E-state index contributed by atoms with van der Waals surface area (Å²) in [5, 5.41) is 13.8. The number of unbranched alkanes of at least 4 members (excludes halogenated alkanes) is 23. The first-order valence-corrected chi connectivity index (χ1v) is 21.3. The number of amides is 1. The molecule has 8 nitrogen and oxygen atoms in total. The van der Waals surface area contributed by atoms with Crippen LogP contribution in [0.15, 0.2) is 0 Å². The minimum absolute atomic E-state index is 0.0155. The number of aliphatic hydroxyl groups excluding tert-OH is 1. The Morgan fingerprint density at radius 1 is 0.660 bits per heavy atom. The largest absolute Gasteiger partial charge is 0.756 e. The molecule has 1 amide bonds. The minimum atomic E-state index is -4.55. The molecule has 3 atom stereocenters. The van der Waals surface area contributed by atoms with Gasteiger partial charge in [-0.15, -0.1) is 0 Å². The minimum Gasteiger partial charge on any atom is -0.756 e. The van der Waals surface area contributed by atoms with Crippen LogP contribution < -0.4 is 10.2 Å². The summed E-state index contributed by atoms with van der Waals surface area (Å²) in [5.74, 6) is -0.167. The number of hydrogen-bond donors (Lipinski definition) is 2. The van der Waals surface area contributed by atoms with Crippen molar-refractivity contribution in [3.63, 3.8) is 0 Å². The van der Waals surface area contributed by atoms with Crippen LogP contribution in [0.25, 0.3) is 0 Å². The Morgan fingerprint density at radius 3 is 1.45 bits per heavy atom. The normalized spacial score (nSPS) is 14.6. The third-order valence-electron chi connectivity index (χ3n) is 9.10. The monoisotopic (exact) mass is 691 g/mol. The number of likely N-dealkylation sites (N-methyl/N-ethyl adjacent to an activating group) is 1. The molecule has 0 aromatic carbocycles. The molecule has 0 saturated heterocycles. The zero-order chi connectivity index (χ0) is 35.1. The third kappa shape index (κ3) is 33.8. The van der Waals surface area contributed by atoms with Crippen molar-refractivity contribution in [3.8, 4) is 0 Å². The van der Waals surface area contributed by atoms with Crippen molar-refractivity contribution in [2.24, 2.45) is 0 Å². The number of rotatable bonds is 36. The summed E-state index contributed by atoms with van der Waals surface area (Å²) < 4.78 is 23.1. The number of nitrogens with one attached hydrogen (secondary N) is 1. The number of phosphoric ester groups is 1. The molecule has 0 rings (SSSR count). The van der Waals surface area contributed by atoms with Crippen LogP contribution in [-0.4, -0.2) is 68.5 Å².